The smallest absolute Gasteiger partial charge is 0.331 e. The summed E-state index contributed by atoms with van der Waals surface area (Å²) < 4.78 is 6.09. The van der Waals surface area contributed by atoms with Crippen LogP contribution in [0.25, 0.3) is 17.2 Å². The molecule has 0 fully saturated rings. The minimum absolute atomic E-state index is 0.0282. The largest absolute Gasteiger partial charge is 0.493 e. The molecular weight excluding hydrogens is 426 g/mol. The third-order valence-electron chi connectivity index (χ3n) is 5.51. The second-order valence-electron chi connectivity index (χ2n) is 8.32. The van der Waals surface area contributed by atoms with Gasteiger partial charge in [0.15, 0.2) is 0 Å². The van der Waals surface area contributed by atoms with E-state index in [0.717, 1.165) is 35.1 Å². The number of carbonyl (C=O) groups is 2. The van der Waals surface area contributed by atoms with Gasteiger partial charge in [-0.3, -0.25) is 4.79 Å². The van der Waals surface area contributed by atoms with Crippen molar-refractivity contribution in [3.63, 3.8) is 0 Å². The second-order valence-corrected chi connectivity index (χ2v) is 8.32. The Hall–Kier alpha value is -3.86. The van der Waals surface area contributed by atoms with E-state index in [4.69, 9.17) is 4.74 Å². The van der Waals surface area contributed by atoms with E-state index in [1.807, 2.05) is 66.7 Å². The summed E-state index contributed by atoms with van der Waals surface area (Å²) in [7, 11) is 1.80. The maximum atomic E-state index is 12.7. The summed E-state index contributed by atoms with van der Waals surface area (Å²) in [5.74, 6) is -0.259. The van der Waals surface area contributed by atoms with Gasteiger partial charge in [0, 0.05) is 30.3 Å². The number of nitrogens with zero attached hydrogens (tertiary/aromatic N) is 1. The Balaban J connectivity index is 1.88. The number of carboxylic acid groups (broad SMARTS) is 1. The SMILES string of the molecule is CCCCOc1cc(/C=C(\C)C(=O)O)ccc1-c1cccc(CN(C)C(=O)c2ccccc2)c1. The van der Waals surface area contributed by atoms with Crippen LogP contribution in [-0.2, 0) is 11.3 Å². The van der Waals surface area contributed by atoms with Crippen LogP contribution >= 0.6 is 0 Å². The first kappa shape index (κ1) is 24.8. The van der Waals surface area contributed by atoms with E-state index >= 15 is 0 Å². The summed E-state index contributed by atoms with van der Waals surface area (Å²) in [6, 6.07) is 23.0. The summed E-state index contributed by atoms with van der Waals surface area (Å²) in [4.78, 5) is 25.7. The molecule has 1 N–H and O–H groups in total. The first-order valence-electron chi connectivity index (χ1n) is 11.5. The van der Waals surface area contributed by atoms with Crippen LogP contribution < -0.4 is 4.74 Å². The number of aliphatic carboxylic acids is 1. The van der Waals surface area contributed by atoms with Gasteiger partial charge in [0.05, 0.1) is 6.61 Å². The zero-order valence-electron chi connectivity index (χ0n) is 20.0. The van der Waals surface area contributed by atoms with Gasteiger partial charge < -0.3 is 14.7 Å². The molecule has 5 heteroatoms. The Morgan fingerprint density at radius 2 is 1.76 bits per heavy atom. The summed E-state index contributed by atoms with van der Waals surface area (Å²) in [5, 5.41) is 9.21. The molecule has 0 aromatic heterocycles. The number of amides is 1. The Kier molecular flexibility index (Phi) is 8.63. The fraction of sp³-hybridized carbons (Fsp3) is 0.241. The minimum Gasteiger partial charge on any atom is -0.493 e. The molecule has 0 radical (unpaired) electrons. The van der Waals surface area contributed by atoms with Gasteiger partial charge in [0.25, 0.3) is 5.91 Å². The molecule has 0 bridgehead atoms. The molecule has 0 aliphatic heterocycles. The summed E-state index contributed by atoms with van der Waals surface area (Å²) in [6.07, 6.45) is 3.59. The predicted molar refractivity (Wildman–Crippen MR) is 136 cm³/mol. The third kappa shape index (κ3) is 6.58. The highest BCUT2D eigenvalue weighted by molar-refractivity contribution is 5.94. The van der Waals surface area contributed by atoms with Crippen molar-refractivity contribution in [1.29, 1.82) is 0 Å². The van der Waals surface area contributed by atoms with Gasteiger partial charge in [-0.05, 0) is 60.4 Å². The highest BCUT2D eigenvalue weighted by Gasteiger charge is 2.13. The Bertz CT molecular complexity index is 1170. The van der Waals surface area contributed by atoms with Crippen LogP contribution in [0.3, 0.4) is 0 Å². The molecule has 0 aliphatic carbocycles. The lowest BCUT2D eigenvalue weighted by Gasteiger charge is -2.18. The first-order valence-corrected chi connectivity index (χ1v) is 11.5. The minimum atomic E-state index is -0.945. The van der Waals surface area contributed by atoms with Crippen LogP contribution in [0.4, 0.5) is 0 Å². The molecule has 3 aromatic rings. The zero-order chi connectivity index (χ0) is 24.5. The van der Waals surface area contributed by atoms with Crippen LogP contribution in [0.1, 0.15) is 48.2 Å². The van der Waals surface area contributed by atoms with Crippen molar-refractivity contribution in [1.82, 2.24) is 4.90 Å². The number of hydrogen-bond donors (Lipinski definition) is 1. The van der Waals surface area contributed by atoms with E-state index in [1.54, 1.807) is 24.9 Å². The number of hydrogen-bond acceptors (Lipinski definition) is 3. The van der Waals surface area contributed by atoms with Crippen LogP contribution in [-0.4, -0.2) is 35.5 Å². The van der Waals surface area contributed by atoms with Crippen LogP contribution in [0.2, 0.25) is 0 Å². The van der Waals surface area contributed by atoms with Gasteiger partial charge in [-0.15, -0.1) is 0 Å². The van der Waals surface area contributed by atoms with E-state index in [0.29, 0.717) is 24.5 Å². The second kappa shape index (κ2) is 11.8. The molecule has 0 unspecified atom stereocenters. The van der Waals surface area contributed by atoms with Gasteiger partial charge in [0.2, 0.25) is 0 Å². The molecule has 0 heterocycles. The van der Waals surface area contributed by atoms with Gasteiger partial charge in [-0.25, -0.2) is 4.79 Å². The van der Waals surface area contributed by atoms with E-state index < -0.39 is 5.97 Å². The number of ether oxygens (including phenoxy) is 1. The standard InChI is InChI=1S/C29H31NO4/c1-4-5-16-34-27-19-22(17-21(2)29(32)33)14-15-26(27)25-13-9-10-23(18-25)20-30(3)28(31)24-11-7-6-8-12-24/h6-15,17-19H,4-5,16,20H2,1-3H3,(H,32,33)/b21-17+. The van der Waals surface area contributed by atoms with Crippen molar-refractivity contribution in [2.45, 2.75) is 33.2 Å². The van der Waals surface area contributed by atoms with E-state index in [1.165, 1.54) is 0 Å². The Labute approximate surface area is 201 Å². The molecular formula is C29H31NO4. The molecule has 0 saturated heterocycles. The third-order valence-corrected chi connectivity index (χ3v) is 5.51. The monoisotopic (exact) mass is 457 g/mol. The lowest BCUT2D eigenvalue weighted by Crippen LogP contribution is -2.26. The van der Waals surface area contributed by atoms with Crippen molar-refractivity contribution in [3.8, 4) is 16.9 Å². The zero-order valence-corrected chi connectivity index (χ0v) is 20.0. The Morgan fingerprint density at radius 3 is 2.47 bits per heavy atom. The first-order chi connectivity index (χ1) is 16.4. The summed E-state index contributed by atoms with van der Waals surface area (Å²) in [6.45, 7) is 4.75. The number of rotatable bonds is 10. The lowest BCUT2D eigenvalue weighted by atomic mass is 9.99. The Morgan fingerprint density at radius 1 is 1.00 bits per heavy atom. The van der Waals surface area contributed by atoms with E-state index in [9.17, 15) is 14.7 Å². The van der Waals surface area contributed by atoms with Crippen molar-refractivity contribution in [3.05, 3.63) is 95.1 Å². The molecule has 5 nitrogen and oxygen atoms in total. The molecule has 176 valence electrons. The van der Waals surface area contributed by atoms with Gasteiger partial charge in [0.1, 0.15) is 5.75 Å². The summed E-state index contributed by atoms with van der Waals surface area (Å²) in [5.41, 5.74) is 4.62. The highest BCUT2D eigenvalue weighted by Crippen LogP contribution is 2.33. The average Bonchev–Trinajstić information content (AvgIpc) is 2.84. The van der Waals surface area contributed by atoms with Gasteiger partial charge >= 0.3 is 5.97 Å². The fourth-order valence-electron chi connectivity index (χ4n) is 3.61. The molecule has 0 saturated carbocycles. The highest BCUT2D eigenvalue weighted by atomic mass is 16.5. The van der Waals surface area contributed by atoms with Crippen molar-refractivity contribution in [2.75, 3.05) is 13.7 Å². The molecule has 3 rings (SSSR count). The van der Waals surface area contributed by atoms with Gasteiger partial charge in [-0.1, -0.05) is 61.9 Å². The molecule has 0 aliphatic rings. The molecule has 34 heavy (non-hydrogen) atoms. The number of unbranched alkanes of at least 4 members (excludes halogenated alkanes) is 1. The maximum Gasteiger partial charge on any atom is 0.331 e. The van der Waals surface area contributed by atoms with Crippen LogP contribution in [0.5, 0.6) is 5.75 Å². The van der Waals surface area contributed by atoms with Gasteiger partial charge in [-0.2, -0.15) is 0 Å². The van der Waals surface area contributed by atoms with E-state index in [2.05, 4.69) is 13.0 Å². The van der Waals surface area contributed by atoms with Crippen LogP contribution in [0, 0.1) is 0 Å². The fourth-order valence-corrected chi connectivity index (χ4v) is 3.61. The lowest BCUT2D eigenvalue weighted by molar-refractivity contribution is -0.132. The molecule has 1 amide bonds. The number of benzene rings is 3. The average molecular weight is 458 g/mol. The molecule has 0 spiro atoms. The van der Waals surface area contributed by atoms with Crippen LogP contribution in [0.15, 0.2) is 78.4 Å². The molecule has 0 atom stereocenters. The normalized spacial score (nSPS) is 11.2. The number of carbonyl (C=O) groups excluding carboxylic acids is 1. The van der Waals surface area contributed by atoms with Crippen molar-refractivity contribution in [2.24, 2.45) is 0 Å². The molecule has 3 aromatic carbocycles. The van der Waals surface area contributed by atoms with Crippen molar-refractivity contribution < 1.29 is 19.4 Å². The van der Waals surface area contributed by atoms with E-state index in [-0.39, 0.29) is 11.5 Å². The van der Waals surface area contributed by atoms with Crippen molar-refractivity contribution >= 4 is 18.0 Å². The quantitative estimate of drug-likeness (QED) is 0.287. The number of carboxylic acids is 1. The topological polar surface area (TPSA) is 66.8 Å². The summed E-state index contributed by atoms with van der Waals surface area (Å²) >= 11 is 0. The maximum absolute atomic E-state index is 12.7. The predicted octanol–water partition coefficient (Wildman–Crippen LogP) is 6.29.